The summed E-state index contributed by atoms with van der Waals surface area (Å²) in [5.74, 6) is -0.407. The Bertz CT molecular complexity index is 508. The molecule has 0 atom stereocenters. The van der Waals surface area contributed by atoms with Crippen molar-refractivity contribution in [3.8, 4) is 0 Å². The highest BCUT2D eigenvalue weighted by atomic mass is 19.1. The Morgan fingerprint density at radius 2 is 2.07 bits per heavy atom. The molecular formula is C10H8FN3. The zero-order chi connectivity index (χ0) is 10.1. The van der Waals surface area contributed by atoms with Crippen LogP contribution in [0.5, 0.6) is 0 Å². The maximum atomic E-state index is 13.3. The van der Waals surface area contributed by atoms with Crippen molar-refractivity contribution in [2.24, 2.45) is 5.73 Å². The molecule has 14 heavy (non-hydrogen) atoms. The van der Waals surface area contributed by atoms with Crippen molar-refractivity contribution >= 4 is 16.6 Å². The van der Waals surface area contributed by atoms with Gasteiger partial charge in [0.15, 0.2) is 0 Å². The molecule has 70 valence electrons. The highest BCUT2D eigenvalue weighted by Gasteiger charge is 2.06. The number of benzene rings is 1. The van der Waals surface area contributed by atoms with Gasteiger partial charge in [-0.05, 0) is 18.2 Å². The molecule has 0 aliphatic heterocycles. The van der Waals surface area contributed by atoms with Crippen molar-refractivity contribution in [1.29, 1.82) is 5.41 Å². The molecular weight excluding hydrogens is 181 g/mol. The van der Waals surface area contributed by atoms with Crippen LogP contribution >= 0.6 is 0 Å². The molecule has 2 rings (SSSR count). The van der Waals surface area contributed by atoms with Gasteiger partial charge in [0.25, 0.3) is 0 Å². The van der Waals surface area contributed by atoms with Crippen LogP contribution in [-0.2, 0) is 0 Å². The van der Waals surface area contributed by atoms with Gasteiger partial charge in [0.05, 0.1) is 0 Å². The van der Waals surface area contributed by atoms with Gasteiger partial charge in [-0.15, -0.1) is 0 Å². The summed E-state index contributed by atoms with van der Waals surface area (Å²) in [7, 11) is 0. The molecule has 0 aliphatic rings. The second-order valence-electron chi connectivity index (χ2n) is 2.93. The molecule has 0 amide bonds. The summed E-state index contributed by atoms with van der Waals surface area (Å²) in [5.41, 5.74) is 5.87. The third-order valence-corrected chi connectivity index (χ3v) is 2.06. The molecule has 2 aromatic rings. The van der Waals surface area contributed by atoms with Crippen molar-refractivity contribution in [1.82, 2.24) is 4.98 Å². The highest BCUT2D eigenvalue weighted by molar-refractivity contribution is 6.07. The summed E-state index contributed by atoms with van der Waals surface area (Å²) in [6, 6.07) is 4.36. The van der Waals surface area contributed by atoms with Crippen LogP contribution < -0.4 is 5.73 Å². The lowest BCUT2D eigenvalue weighted by atomic mass is 10.1. The summed E-state index contributed by atoms with van der Waals surface area (Å²) >= 11 is 0. The first-order valence-electron chi connectivity index (χ1n) is 4.07. The second-order valence-corrected chi connectivity index (χ2v) is 2.93. The zero-order valence-electron chi connectivity index (χ0n) is 7.29. The SMILES string of the molecule is N=C(N)c1ccc(F)c2ccncc12. The van der Waals surface area contributed by atoms with E-state index < -0.39 is 0 Å². The fourth-order valence-electron chi connectivity index (χ4n) is 1.39. The van der Waals surface area contributed by atoms with E-state index in [4.69, 9.17) is 11.1 Å². The number of nitrogens with one attached hydrogen (secondary N) is 1. The van der Waals surface area contributed by atoms with E-state index in [1.54, 1.807) is 6.07 Å². The Labute approximate surface area is 79.9 Å². The quantitative estimate of drug-likeness (QED) is 0.529. The van der Waals surface area contributed by atoms with Crippen molar-refractivity contribution in [3.05, 3.63) is 42.0 Å². The van der Waals surface area contributed by atoms with E-state index >= 15 is 0 Å². The molecule has 0 saturated heterocycles. The van der Waals surface area contributed by atoms with Gasteiger partial charge >= 0.3 is 0 Å². The van der Waals surface area contributed by atoms with Gasteiger partial charge in [-0.1, -0.05) is 0 Å². The average molecular weight is 189 g/mol. The predicted molar refractivity (Wildman–Crippen MR) is 52.7 cm³/mol. The number of fused-ring (bicyclic) bond motifs is 1. The van der Waals surface area contributed by atoms with Crippen molar-refractivity contribution < 1.29 is 4.39 Å². The van der Waals surface area contributed by atoms with E-state index in [9.17, 15) is 4.39 Å². The number of hydrogen-bond acceptors (Lipinski definition) is 2. The molecule has 3 nitrogen and oxygen atoms in total. The number of halogens is 1. The van der Waals surface area contributed by atoms with Crippen LogP contribution in [0.4, 0.5) is 4.39 Å². The molecule has 0 saturated carbocycles. The number of nitrogens with two attached hydrogens (primary N) is 1. The molecule has 0 spiro atoms. The van der Waals surface area contributed by atoms with Gasteiger partial charge in [-0.3, -0.25) is 10.4 Å². The van der Waals surface area contributed by atoms with E-state index in [0.29, 0.717) is 16.3 Å². The standard InChI is InChI=1S/C10H8FN3/c11-9-2-1-7(10(12)13)8-5-14-4-3-6(8)9/h1-5H,(H3,12,13). The fourth-order valence-corrected chi connectivity index (χ4v) is 1.39. The van der Waals surface area contributed by atoms with Crippen LogP contribution in [0.15, 0.2) is 30.6 Å². The average Bonchev–Trinajstić information content (AvgIpc) is 2.18. The lowest BCUT2D eigenvalue weighted by Gasteiger charge is -2.04. The number of rotatable bonds is 1. The Morgan fingerprint density at radius 3 is 2.79 bits per heavy atom. The number of amidine groups is 1. The van der Waals surface area contributed by atoms with Gasteiger partial charge in [-0.25, -0.2) is 4.39 Å². The third-order valence-electron chi connectivity index (χ3n) is 2.06. The number of pyridine rings is 1. The summed E-state index contributed by atoms with van der Waals surface area (Å²) in [6.45, 7) is 0. The minimum Gasteiger partial charge on any atom is -0.384 e. The van der Waals surface area contributed by atoms with E-state index in [1.165, 1.54) is 24.5 Å². The van der Waals surface area contributed by atoms with Crippen LogP contribution in [0.1, 0.15) is 5.56 Å². The second kappa shape index (κ2) is 3.06. The number of nitrogen functional groups attached to an aromatic ring is 1. The monoisotopic (exact) mass is 189 g/mol. The zero-order valence-corrected chi connectivity index (χ0v) is 7.29. The molecule has 0 fully saturated rings. The smallest absolute Gasteiger partial charge is 0.131 e. The molecule has 4 heteroatoms. The lowest BCUT2D eigenvalue weighted by Crippen LogP contribution is -2.11. The molecule has 1 heterocycles. The van der Waals surface area contributed by atoms with E-state index in [1.807, 2.05) is 0 Å². The van der Waals surface area contributed by atoms with Crippen LogP contribution in [0.25, 0.3) is 10.8 Å². The van der Waals surface area contributed by atoms with Crippen LogP contribution in [0, 0.1) is 11.2 Å². The molecule has 0 radical (unpaired) electrons. The number of nitrogens with zero attached hydrogens (tertiary/aromatic N) is 1. The molecule has 1 aromatic heterocycles. The van der Waals surface area contributed by atoms with Crippen molar-refractivity contribution in [2.45, 2.75) is 0 Å². The van der Waals surface area contributed by atoms with E-state index in [2.05, 4.69) is 4.98 Å². The van der Waals surface area contributed by atoms with Crippen LogP contribution in [0.3, 0.4) is 0 Å². The third kappa shape index (κ3) is 1.21. The fraction of sp³-hybridized carbons (Fsp3) is 0. The van der Waals surface area contributed by atoms with Gasteiger partial charge in [0, 0.05) is 28.7 Å². The Balaban J connectivity index is 2.88. The highest BCUT2D eigenvalue weighted by Crippen LogP contribution is 2.20. The maximum Gasteiger partial charge on any atom is 0.131 e. The van der Waals surface area contributed by atoms with Crippen LogP contribution in [0.2, 0.25) is 0 Å². The van der Waals surface area contributed by atoms with E-state index in [0.717, 1.165) is 0 Å². The first-order valence-corrected chi connectivity index (χ1v) is 4.07. The van der Waals surface area contributed by atoms with Gasteiger partial charge in [0.2, 0.25) is 0 Å². The van der Waals surface area contributed by atoms with Gasteiger partial charge in [0.1, 0.15) is 11.7 Å². The first kappa shape index (κ1) is 8.62. The molecule has 0 unspecified atom stereocenters. The van der Waals surface area contributed by atoms with Crippen molar-refractivity contribution in [2.75, 3.05) is 0 Å². The van der Waals surface area contributed by atoms with E-state index in [-0.39, 0.29) is 11.7 Å². The van der Waals surface area contributed by atoms with Gasteiger partial charge in [-0.2, -0.15) is 0 Å². The molecule has 1 aromatic carbocycles. The largest absolute Gasteiger partial charge is 0.384 e. The van der Waals surface area contributed by atoms with Crippen molar-refractivity contribution in [3.63, 3.8) is 0 Å². The molecule has 0 bridgehead atoms. The maximum absolute atomic E-state index is 13.3. The first-order chi connectivity index (χ1) is 6.70. The van der Waals surface area contributed by atoms with Crippen LogP contribution in [-0.4, -0.2) is 10.8 Å². The number of hydrogen-bond donors (Lipinski definition) is 2. The Kier molecular flexibility index (Phi) is 1.89. The molecule has 0 aliphatic carbocycles. The Morgan fingerprint density at radius 1 is 1.29 bits per heavy atom. The lowest BCUT2D eigenvalue weighted by molar-refractivity contribution is 0.639. The summed E-state index contributed by atoms with van der Waals surface area (Å²) in [4.78, 5) is 3.88. The summed E-state index contributed by atoms with van der Waals surface area (Å²) in [5, 5.41) is 8.32. The predicted octanol–water partition coefficient (Wildman–Crippen LogP) is 1.66. The normalized spacial score (nSPS) is 10.4. The summed E-state index contributed by atoms with van der Waals surface area (Å²) in [6.07, 6.45) is 3.02. The molecule has 3 N–H and O–H groups in total. The minimum absolute atomic E-state index is 0.0806. The topological polar surface area (TPSA) is 62.8 Å². The van der Waals surface area contributed by atoms with Gasteiger partial charge < -0.3 is 5.73 Å². The number of aromatic nitrogens is 1. The summed E-state index contributed by atoms with van der Waals surface area (Å²) < 4.78 is 13.3. The minimum atomic E-state index is -0.326. The Hall–Kier alpha value is -1.97.